The minimum atomic E-state index is -0.426. The fourth-order valence-corrected chi connectivity index (χ4v) is 3.00. The van der Waals surface area contributed by atoms with Crippen LogP contribution in [0.25, 0.3) is 0 Å². The van der Waals surface area contributed by atoms with Crippen LogP contribution in [0.2, 0.25) is 0 Å². The van der Waals surface area contributed by atoms with Crippen molar-refractivity contribution in [3.8, 4) is 0 Å². The highest BCUT2D eigenvalue weighted by Crippen LogP contribution is 2.30. The normalized spacial score (nSPS) is 24.2. The van der Waals surface area contributed by atoms with Gasteiger partial charge < -0.3 is 15.8 Å². The van der Waals surface area contributed by atoms with Crippen LogP contribution in [0.5, 0.6) is 0 Å². The number of nitrogens with zero attached hydrogens (tertiary/aromatic N) is 1. The van der Waals surface area contributed by atoms with Crippen LogP contribution in [0, 0.1) is 11.3 Å². The van der Waals surface area contributed by atoms with Gasteiger partial charge in [0.05, 0.1) is 13.7 Å². The number of methoxy groups -OCH3 is 1. The van der Waals surface area contributed by atoms with Gasteiger partial charge >= 0.3 is 6.09 Å². The van der Waals surface area contributed by atoms with E-state index >= 15 is 0 Å². The molecule has 20 heavy (non-hydrogen) atoms. The largest absolute Gasteiger partial charge is 0.453 e. The number of piperidine rings is 1. The molecule has 0 spiro atoms. The monoisotopic (exact) mass is 285 g/mol. The van der Waals surface area contributed by atoms with Gasteiger partial charge in [-0.05, 0) is 24.2 Å². The van der Waals surface area contributed by atoms with Crippen LogP contribution in [0.1, 0.15) is 33.6 Å². The van der Waals surface area contributed by atoms with Crippen molar-refractivity contribution in [2.75, 3.05) is 26.7 Å². The highest BCUT2D eigenvalue weighted by atomic mass is 16.5. The summed E-state index contributed by atoms with van der Waals surface area (Å²) in [5.74, 6) is 0.100. The second kappa shape index (κ2) is 6.92. The van der Waals surface area contributed by atoms with Crippen LogP contribution < -0.4 is 11.1 Å². The lowest BCUT2D eigenvalue weighted by atomic mass is 9.80. The van der Waals surface area contributed by atoms with E-state index in [-0.39, 0.29) is 23.9 Å². The van der Waals surface area contributed by atoms with Crippen molar-refractivity contribution in [2.45, 2.75) is 39.7 Å². The number of hydrogen-bond acceptors (Lipinski definition) is 4. The van der Waals surface area contributed by atoms with Crippen molar-refractivity contribution in [2.24, 2.45) is 17.1 Å². The molecule has 2 amide bonds. The van der Waals surface area contributed by atoms with Crippen molar-refractivity contribution < 1.29 is 14.3 Å². The Morgan fingerprint density at radius 2 is 2.00 bits per heavy atom. The standard InChI is InChI=1S/C14H27N3O3/c1-14(2,3)6-10-5-11(16-13(19)20-4)8-17(7-10)9-12(15)18/h10-11H,5-9H2,1-4H3,(H2,15,18)(H,16,19). The van der Waals surface area contributed by atoms with Gasteiger partial charge in [-0.2, -0.15) is 0 Å². The van der Waals surface area contributed by atoms with Gasteiger partial charge in [-0.15, -0.1) is 0 Å². The molecule has 6 heteroatoms. The highest BCUT2D eigenvalue weighted by molar-refractivity contribution is 5.76. The molecule has 0 radical (unpaired) electrons. The third-order valence-corrected chi connectivity index (χ3v) is 3.40. The maximum Gasteiger partial charge on any atom is 0.407 e. The van der Waals surface area contributed by atoms with E-state index in [1.165, 1.54) is 7.11 Å². The summed E-state index contributed by atoms with van der Waals surface area (Å²) in [5.41, 5.74) is 5.49. The molecule has 0 aromatic rings. The summed E-state index contributed by atoms with van der Waals surface area (Å²) in [5, 5.41) is 2.83. The number of ether oxygens (including phenoxy) is 1. The lowest BCUT2D eigenvalue weighted by Gasteiger charge is -2.39. The van der Waals surface area contributed by atoms with Crippen LogP contribution in [-0.2, 0) is 9.53 Å². The van der Waals surface area contributed by atoms with Crippen LogP contribution in [0.3, 0.4) is 0 Å². The first-order chi connectivity index (χ1) is 9.19. The SMILES string of the molecule is COC(=O)NC1CC(CC(C)(C)C)CN(CC(N)=O)C1. The first kappa shape index (κ1) is 16.8. The number of carbonyl (C=O) groups is 2. The Morgan fingerprint density at radius 3 is 2.50 bits per heavy atom. The van der Waals surface area contributed by atoms with Crippen LogP contribution in [-0.4, -0.2) is 49.7 Å². The van der Waals surface area contributed by atoms with Crippen LogP contribution in [0.15, 0.2) is 0 Å². The lowest BCUT2D eigenvalue weighted by molar-refractivity contribution is -0.119. The third kappa shape index (κ3) is 6.23. The van der Waals surface area contributed by atoms with Crippen molar-refractivity contribution >= 4 is 12.0 Å². The molecule has 6 nitrogen and oxygen atoms in total. The first-order valence-corrected chi connectivity index (χ1v) is 7.05. The molecule has 0 bridgehead atoms. The van der Waals surface area contributed by atoms with Crippen molar-refractivity contribution in [3.05, 3.63) is 0 Å². The second-order valence-corrected chi connectivity index (χ2v) is 6.86. The van der Waals surface area contributed by atoms with Gasteiger partial charge in [-0.25, -0.2) is 4.79 Å². The number of nitrogens with one attached hydrogen (secondary N) is 1. The molecular weight excluding hydrogens is 258 g/mol. The summed E-state index contributed by atoms with van der Waals surface area (Å²) < 4.78 is 4.65. The van der Waals surface area contributed by atoms with E-state index in [9.17, 15) is 9.59 Å². The molecule has 3 N–H and O–H groups in total. The van der Waals surface area contributed by atoms with Crippen molar-refractivity contribution in [3.63, 3.8) is 0 Å². The van der Waals surface area contributed by atoms with Crippen LogP contribution >= 0.6 is 0 Å². The Balaban J connectivity index is 2.66. The summed E-state index contributed by atoms with van der Waals surface area (Å²) in [4.78, 5) is 24.5. The number of carbonyl (C=O) groups excluding carboxylic acids is 2. The fourth-order valence-electron chi connectivity index (χ4n) is 3.00. The van der Waals surface area contributed by atoms with Gasteiger partial charge in [0.2, 0.25) is 5.91 Å². The van der Waals surface area contributed by atoms with E-state index in [4.69, 9.17) is 5.73 Å². The Labute approximate surface area is 121 Å². The summed E-state index contributed by atoms with van der Waals surface area (Å²) in [6, 6.07) is 0.00269. The molecule has 2 unspecified atom stereocenters. The summed E-state index contributed by atoms with van der Waals surface area (Å²) in [6.07, 6.45) is 1.52. The summed E-state index contributed by atoms with van der Waals surface area (Å²) >= 11 is 0. The van der Waals surface area contributed by atoms with E-state index in [1.807, 2.05) is 4.90 Å². The molecular formula is C14H27N3O3. The number of nitrogens with two attached hydrogens (primary N) is 1. The van der Waals surface area contributed by atoms with Crippen molar-refractivity contribution in [1.29, 1.82) is 0 Å². The minimum absolute atomic E-state index is 0.00269. The maximum atomic E-state index is 11.4. The molecule has 0 aromatic heterocycles. The highest BCUT2D eigenvalue weighted by Gasteiger charge is 2.31. The molecule has 116 valence electrons. The molecule has 1 heterocycles. The zero-order valence-electron chi connectivity index (χ0n) is 12.9. The smallest absolute Gasteiger partial charge is 0.407 e. The van der Waals surface area contributed by atoms with Gasteiger partial charge in [0.15, 0.2) is 0 Å². The molecule has 1 saturated heterocycles. The van der Waals surface area contributed by atoms with Gasteiger partial charge in [0, 0.05) is 19.1 Å². The third-order valence-electron chi connectivity index (χ3n) is 3.40. The number of amides is 2. The van der Waals surface area contributed by atoms with Gasteiger partial charge in [0.25, 0.3) is 0 Å². The molecule has 0 saturated carbocycles. The zero-order chi connectivity index (χ0) is 15.3. The van der Waals surface area contributed by atoms with E-state index < -0.39 is 6.09 Å². The van der Waals surface area contributed by atoms with E-state index in [0.717, 1.165) is 19.4 Å². The Kier molecular flexibility index (Phi) is 5.80. The number of hydrogen-bond donors (Lipinski definition) is 2. The lowest BCUT2D eigenvalue weighted by Crippen LogP contribution is -2.53. The molecule has 2 atom stereocenters. The zero-order valence-corrected chi connectivity index (χ0v) is 12.9. The topological polar surface area (TPSA) is 84.7 Å². The number of rotatable bonds is 4. The van der Waals surface area contributed by atoms with E-state index in [2.05, 4.69) is 30.8 Å². The average molecular weight is 285 g/mol. The maximum absolute atomic E-state index is 11.4. The molecule has 1 aliphatic heterocycles. The van der Waals surface area contributed by atoms with Crippen LogP contribution in [0.4, 0.5) is 4.79 Å². The average Bonchev–Trinajstić information content (AvgIpc) is 2.24. The Bertz CT molecular complexity index is 352. The van der Waals surface area contributed by atoms with Gasteiger partial charge in [-0.1, -0.05) is 20.8 Å². The number of likely N-dealkylation sites (tertiary alicyclic amines) is 1. The predicted octanol–water partition coefficient (Wildman–Crippen LogP) is 0.954. The first-order valence-electron chi connectivity index (χ1n) is 7.05. The number of alkyl carbamates (subject to hydrolysis) is 1. The Morgan fingerprint density at radius 1 is 1.35 bits per heavy atom. The minimum Gasteiger partial charge on any atom is -0.453 e. The summed E-state index contributed by atoms with van der Waals surface area (Å²) in [6.45, 7) is 8.31. The molecule has 0 aliphatic carbocycles. The second-order valence-electron chi connectivity index (χ2n) is 6.86. The van der Waals surface area contributed by atoms with Gasteiger partial charge in [-0.3, -0.25) is 9.69 Å². The van der Waals surface area contributed by atoms with E-state index in [1.54, 1.807) is 0 Å². The number of primary amides is 1. The molecule has 1 fully saturated rings. The Hall–Kier alpha value is -1.30. The fraction of sp³-hybridized carbons (Fsp3) is 0.857. The molecule has 1 rings (SSSR count). The van der Waals surface area contributed by atoms with Crippen molar-refractivity contribution in [1.82, 2.24) is 10.2 Å². The predicted molar refractivity (Wildman–Crippen MR) is 77.1 cm³/mol. The summed E-state index contributed by atoms with van der Waals surface area (Å²) in [7, 11) is 1.35. The quantitative estimate of drug-likeness (QED) is 0.805. The van der Waals surface area contributed by atoms with E-state index in [0.29, 0.717) is 12.5 Å². The van der Waals surface area contributed by atoms with Gasteiger partial charge in [0.1, 0.15) is 0 Å². The molecule has 0 aromatic carbocycles. The molecule has 1 aliphatic rings.